The van der Waals surface area contributed by atoms with Crippen LogP contribution in [-0.2, 0) is 20.8 Å². The molecule has 2 aromatic rings. The normalized spacial score (nSPS) is 21.9. The molecule has 0 bridgehead atoms. The second-order valence-corrected chi connectivity index (χ2v) is 9.20. The van der Waals surface area contributed by atoms with Crippen molar-refractivity contribution in [3.05, 3.63) is 59.7 Å². The summed E-state index contributed by atoms with van der Waals surface area (Å²) in [5, 5.41) is 2.78. The minimum absolute atomic E-state index is 0.0539. The van der Waals surface area contributed by atoms with E-state index in [1.165, 1.54) is 12.7 Å². The van der Waals surface area contributed by atoms with Crippen molar-refractivity contribution in [1.29, 1.82) is 0 Å². The van der Waals surface area contributed by atoms with Crippen molar-refractivity contribution in [1.82, 2.24) is 9.80 Å². The lowest BCUT2D eigenvalue weighted by molar-refractivity contribution is -0.119. The summed E-state index contributed by atoms with van der Waals surface area (Å²) < 4.78 is 16.9. The fraction of sp³-hybridized carbons (Fsp3) is 0.481. The maximum absolute atomic E-state index is 13.3. The molecule has 0 unspecified atom stereocenters. The van der Waals surface area contributed by atoms with Gasteiger partial charge in [-0.05, 0) is 30.5 Å². The van der Waals surface area contributed by atoms with Crippen LogP contribution in [0.4, 0.5) is 5.69 Å². The molecule has 0 spiro atoms. The number of hydrogen-bond donors (Lipinski definition) is 1. The van der Waals surface area contributed by atoms with Crippen molar-refractivity contribution in [2.45, 2.75) is 32.5 Å². The van der Waals surface area contributed by atoms with Crippen LogP contribution >= 0.6 is 0 Å². The molecule has 0 radical (unpaired) electrons. The molecule has 0 saturated carbocycles. The van der Waals surface area contributed by atoms with E-state index in [9.17, 15) is 9.59 Å². The minimum atomic E-state index is -0.275. The second-order valence-electron chi connectivity index (χ2n) is 9.20. The Morgan fingerprint density at radius 3 is 2.54 bits per heavy atom. The van der Waals surface area contributed by atoms with Gasteiger partial charge in [-0.3, -0.25) is 14.5 Å². The molecule has 0 aromatic heterocycles. The molecule has 8 nitrogen and oxygen atoms in total. The summed E-state index contributed by atoms with van der Waals surface area (Å²) in [6.07, 6.45) is -0.120. The lowest BCUT2D eigenvalue weighted by atomic mass is 10.0. The topological polar surface area (TPSA) is 80.3 Å². The average Bonchev–Trinajstić information content (AvgIpc) is 2.85. The van der Waals surface area contributed by atoms with E-state index in [0.29, 0.717) is 30.2 Å². The molecule has 2 amide bonds. The van der Waals surface area contributed by atoms with Crippen LogP contribution in [0.3, 0.4) is 0 Å². The largest absolute Gasteiger partial charge is 0.491 e. The number of likely N-dealkylation sites (N-methyl/N-ethyl adjacent to an activating group) is 1. The van der Waals surface area contributed by atoms with E-state index in [1.807, 2.05) is 18.2 Å². The van der Waals surface area contributed by atoms with E-state index < -0.39 is 0 Å². The van der Waals surface area contributed by atoms with E-state index in [-0.39, 0.29) is 36.5 Å². The molecule has 0 aliphatic carbocycles. The highest BCUT2D eigenvalue weighted by Gasteiger charge is 2.28. The third kappa shape index (κ3) is 7.27. The van der Waals surface area contributed by atoms with Crippen molar-refractivity contribution < 1.29 is 23.8 Å². The monoisotopic (exact) mass is 483 g/mol. The van der Waals surface area contributed by atoms with Crippen molar-refractivity contribution >= 4 is 17.5 Å². The van der Waals surface area contributed by atoms with Crippen LogP contribution in [0, 0.1) is 5.92 Å². The van der Waals surface area contributed by atoms with Gasteiger partial charge in [-0.15, -0.1) is 0 Å². The lowest BCUT2D eigenvalue weighted by Crippen LogP contribution is -2.46. The summed E-state index contributed by atoms with van der Waals surface area (Å²) in [7, 11) is 4.93. The first kappa shape index (κ1) is 26.7. The minimum Gasteiger partial charge on any atom is -0.491 e. The van der Waals surface area contributed by atoms with Crippen LogP contribution in [0.25, 0.3) is 0 Å². The number of rotatable bonds is 6. The summed E-state index contributed by atoms with van der Waals surface area (Å²) >= 11 is 0. The van der Waals surface area contributed by atoms with Gasteiger partial charge in [0.25, 0.3) is 5.91 Å². The van der Waals surface area contributed by atoms with E-state index in [4.69, 9.17) is 14.2 Å². The Morgan fingerprint density at radius 1 is 1.11 bits per heavy atom. The standard InChI is InChI=1S/C27H37N3O5/c1-19-14-30(15-21-9-7-6-8-10-21)20(2)17-35-24-13-22(28-26(31)18-33-4)11-12-23(24)27(32)29(3)16-25(19)34-5/h6-13,19-20,25H,14-18H2,1-5H3,(H,28,31)/t19-,20-,25+/m0/s1. The number of hydrogen-bond acceptors (Lipinski definition) is 6. The molecule has 1 N–H and O–H groups in total. The number of carbonyl (C=O) groups is 2. The van der Waals surface area contributed by atoms with Gasteiger partial charge in [-0.1, -0.05) is 37.3 Å². The van der Waals surface area contributed by atoms with E-state index >= 15 is 0 Å². The molecule has 0 fully saturated rings. The van der Waals surface area contributed by atoms with Crippen LogP contribution in [0.5, 0.6) is 5.75 Å². The Bertz CT molecular complexity index is 984. The number of anilines is 1. The fourth-order valence-electron chi connectivity index (χ4n) is 4.29. The SMILES string of the molecule is COCC(=O)Nc1ccc2c(c1)OC[C@H](C)N(Cc1ccccc1)C[C@H](C)[C@H](OC)CN(C)C2=O. The highest BCUT2D eigenvalue weighted by atomic mass is 16.5. The molecular formula is C27H37N3O5. The number of nitrogens with zero attached hydrogens (tertiary/aromatic N) is 2. The third-order valence-electron chi connectivity index (χ3n) is 6.36. The van der Waals surface area contributed by atoms with Crippen LogP contribution in [0.1, 0.15) is 29.8 Å². The summed E-state index contributed by atoms with van der Waals surface area (Å²) in [6.45, 7) is 6.64. The van der Waals surface area contributed by atoms with Gasteiger partial charge in [0.05, 0.1) is 11.7 Å². The van der Waals surface area contributed by atoms with Crippen molar-refractivity contribution in [2.24, 2.45) is 5.92 Å². The molecule has 1 heterocycles. The molecule has 0 saturated heterocycles. The Morgan fingerprint density at radius 2 is 1.86 bits per heavy atom. The summed E-state index contributed by atoms with van der Waals surface area (Å²) in [5.41, 5.74) is 2.22. The van der Waals surface area contributed by atoms with Crippen molar-refractivity contribution in [3.8, 4) is 5.75 Å². The maximum atomic E-state index is 13.3. The molecular weight excluding hydrogens is 446 g/mol. The van der Waals surface area contributed by atoms with E-state index in [0.717, 1.165) is 13.1 Å². The van der Waals surface area contributed by atoms with Gasteiger partial charge in [0.15, 0.2) is 0 Å². The van der Waals surface area contributed by atoms with Gasteiger partial charge in [0.2, 0.25) is 5.91 Å². The molecule has 8 heteroatoms. The predicted molar refractivity (Wildman–Crippen MR) is 136 cm³/mol. The molecule has 190 valence electrons. The quantitative estimate of drug-likeness (QED) is 0.679. The van der Waals surface area contributed by atoms with Gasteiger partial charge in [0.1, 0.15) is 19.0 Å². The second kappa shape index (κ2) is 12.7. The van der Waals surface area contributed by atoms with Crippen LogP contribution in [-0.4, -0.2) is 81.3 Å². The molecule has 3 rings (SSSR count). The average molecular weight is 484 g/mol. The van der Waals surface area contributed by atoms with Crippen molar-refractivity contribution in [2.75, 3.05) is 52.9 Å². The summed E-state index contributed by atoms with van der Waals surface area (Å²) in [5.74, 6) is 0.201. The number of fused-ring (bicyclic) bond motifs is 1. The first-order valence-corrected chi connectivity index (χ1v) is 11.9. The fourth-order valence-corrected chi connectivity index (χ4v) is 4.29. The molecule has 2 aromatic carbocycles. The summed E-state index contributed by atoms with van der Waals surface area (Å²) in [6, 6.07) is 15.5. The number of amides is 2. The number of benzene rings is 2. The lowest BCUT2D eigenvalue weighted by Gasteiger charge is -2.36. The third-order valence-corrected chi connectivity index (χ3v) is 6.36. The number of methoxy groups -OCH3 is 2. The highest BCUT2D eigenvalue weighted by Crippen LogP contribution is 2.27. The first-order chi connectivity index (χ1) is 16.8. The Labute approximate surface area is 208 Å². The zero-order chi connectivity index (χ0) is 25.4. The van der Waals surface area contributed by atoms with E-state index in [2.05, 4.69) is 36.2 Å². The van der Waals surface area contributed by atoms with Gasteiger partial charge >= 0.3 is 0 Å². The molecule has 1 aliphatic rings. The summed E-state index contributed by atoms with van der Waals surface area (Å²) in [4.78, 5) is 29.4. The van der Waals surface area contributed by atoms with Gasteiger partial charge in [-0.25, -0.2) is 0 Å². The predicted octanol–water partition coefficient (Wildman–Crippen LogP) is 3.28. The smallest absolute Gasteiger partial charge is 0.257 e. The van der Waals surface area contributed by atoms with Crippen molar-refractivity contribution in [3.63, 3.8) is 0 Å². The number of carbonyl (C=O) groups excluding carboxylic acids is 2. The number of ether oxygens (including phenoxy) is 3. The van der Waals surface area contributed by atoms with Gasteiger partial charge in [-0.2, -0.15) is 0 Å². The zero-order valence-corrected chi connectivity index (χ0v) is 21.3. The first-order valence-electron chi connectivity index (χ1n) is 11.9. The Balaban J connectivity index is 1.92. The Hall–Kier alpha value is -2.94. The highest BCUT2D eigenvalue weighted by molar-refractivity contribution is 5.98. The zero-order valence-electron chi connectivity index (χ0n) is 21.3. The van der Waals surface area contributed by atoms with Gasteiger partial charge in [0, 0.05) is 58.7 Å². The van der Waals surface area contributed by atoms with Crippen LogP contribution in [0.15, 0.2) is 48.5 Å². The van der Waals surface area contributed by atoms with E-state index in [1.54, 1.807) is 37.3 Å². The molecule has 3 atom stereocenters. The van der Waals surface area contributed by atoms with Gasteiger partial charge < -0.3 is 24.4 Å². The number of nitrogens with one attached hydrogen (secondary N) is 1. The van der Waals surface area contributed by atoms with Crippen LogP contribution < -0.4 is 10.1 Å². The Kier molecular flexibility index (Phi) is 9.65. The molecule has 1 aliphatic heterocycles. The molecule has 35 heavy (non-hydrogen) atoms. The van der Waals surface area contributed by atoms with Crippen LogP contribution in [0.2, 0.25) is 0 Å². The maximum Gasteiger partial charge on any atom is 0.257 e.